The van der Waals surface area contributed by atoms with Gasteiger partial charge in [-0.1, -0.05) is 29.8 Å². The highest BCUT2D eigenvalue weighted by atomic mass is 35.5. The smallest absolute Gasteiger partial charge is 0.223 e. The predicted molar refractivity (Wildman–Crippen MR) is 105 cm³/mol. The van der Waals surface area contributed by atoms with Crippen molar-refractivity contribution in [2.24, 2.45) is 0 Å². The molecule has 1 aromatic heterocycles. The van der Waals surface area contributed by atoms with Crippen molar-refractivity contribution in [2.45, 2.75) is 18.9 Å². The summed E-state index contributed by atoms with van der Waals surface area (Å²) in [6.45, 7) is 2.28. The second kappa shape index (κ2) is 9.43. The molecule has 1 N–H and O–H groups in total. The molecular formula is C18H22Cl2N2O2S. The molecule has 1 saturated heterocycles. The Morgan fingerprint density at radius 1 is 1.36 bits per heavy atom. The van der Waals surface area contributed by atoms with Gasteiger partial charge in [-0.15, -0.1) is 23.7 Å². The van der Waals surface area contributed by atoms with E-state index in [1.165, 1.54) is 0 Å². The number of nitrogens with one attached hydrogen (secondary N) is 1. The van der Waals surface area contributed by atoms with E-state index >= 15 is 0 Å². The molecule has 1 aliphatic heterocycles. The lowest BCUT2D eigenvalue weighted by Gasteiger charge is -2.37. The lowest BCUT2D eigenvalue weighted by Crippen LogP contribution is -2.48. The van der Waals surface area contributed by atoms with Gasteiger partial charge in [0.2, 0.25) is 5.91 Å². The summed E-state index contributed by atoms with van der Waals surface area (Å²) in [6.07, 6.45) is 1.24. The van der Waals surface area contributed by atoms with E-state index in [1.54, 1.807) is 18.4 Å². The zero-order chi connectivity index (χ0) is 16.9. The fourth-order valence-electron chi connectivity index (χ4n) is 3.08. The molecule has 1 fully saturated rings. The quantitative estimate of drug-likeness (QED) is 0.825. The summed E-state index contributed by atoms with van der Waals surface area (Å²) in [5.74, 6) is 1.01. The van der Waals surface area contributed by atoms with Gasteiger partial charge in [0.05, 0.1) is 17.5 Å². The normalized spacial score (nSPS) is 17.0. The Labute approximate surface area is 163 Å². The summed E-state index contributed by atoms with van der Waals surface area (Å²) in [4.78, 5) is 15.9. The molecule has 7 heteroatoms. The molecule has 1 amide bonds. The number of piperazine rings is 1. The van der Waals surface area contributed by atoms with Crippen molar-refractivity contribution >= 4 is 41.3 Å². The fraction of sp³-hybridized carbons (Fsp3) is 0.389. The number of thiophene rings is 1. The number of amides is 1. The summed E-state index contributed by atoms with van der Waals surface area (Å²) in [5, 5.41) is 3.38. The summed E-state index contributed by atoms with van der Waals surface area (Å²) < 4.78 is 6.25. The second-order valence-corrected chi connectivity index (χ2v) is 7.55. The maximum atomic E-state index is 12.8. The van der Waals surface area contributed by atoms with Gasteiger partial charge < -0.3 is 15.0 Å². The minimum atomic E-state index is 0. The van der Waals surface area contributed by atoms with E-state index in [0.717, 1.165) is 40.0 Å². The number of para-hydroxylation sites is 1. The van der Waals surface area contributed by atoms with Crippen LogP contribution >= 0.6 is 35.3 Å². The van der Waals surface area contributed by atoms with Crippen LogP contribution in [0.5, 0.6) is 5.75 Å². The Bertz CT molecular complexity index is 708. The topological polar surface area (TPSA) is 41.6 Å². The molecule has 0 radical (unpaired) electrons. The summed E-state index contributed by atoms with van der Waals surface area (Å²) in [5.41, 5.74) is 1.06. The van der Waals surface area contributed by atoms with Crippen LogP contribution in [0.25, 0.3) is 0 Å². The number of benzene rings is 1. The maximum absolute atomic E-state index is 12.8. The summed E-state index contributed by atoms with van der Waals surface area (Å²) in [6, 6.07) is 11.8. The van der Waals surface area contributed by atoms with Gasteiger partial charge in [-0.3, -0.25) is 4.79 Å². The van der Waals surface area contributed by atoms with Gasteiger partial charge in [0.15, 0.2) is 0 Å². The molecule has 1 atom stereocenters. The molecule has 25 heavy (non-hydrogen) atoms. The number of carbonyl (C=O) groups is 1. The van der Waals surface area contributed by atoms with Gasteiger partial charge in [0, 0.05) is 36.5 Å². The van der Waals surface area contributed by atoms with E-state index < -0.39 is 0 Å². The van der Waals surface area contributed by atoms with Gasteiger partial charge in [0.1, 0.15) is 5.75 Å². The molecule has 0 aliphatic carbocycles. The van der Waals surface area contributed by atoms with Crippen LogP contribution in [0.3, 0.4) is 0 Å². The number of methoxy groups -OCH3 is 1. The van der Waals surface area contributed by atoms with E-state index in [-0.39, 0.29) is 24.4 Å². The van der Waals surface area contributed by atoms with Crippen LogP contribution in [0.1, 0.15) is 22.9 Å². The number of nitrogens with zero attached hydrogens (tertiary/aromatic N) is 1. The highest BCUT2D eigenvalue weighted by Gasteiger charge is 2.29. The SMILES string of the molecule is COc1ccccc1C1CNCCN1C(=O)CCc1ccc(Cl)s1.Cl. The molecular weight excluding hydrogens is 379 g/mol. The molecule has 0 spiro atoms. The average Bonchev–Trinajstić information content (AvgIpc) is 3.05. The van der Waals surface area contributed by atoms with Crippen LogP contribution in [0.2, 0.25) is 4.34 Å². The van der Waals surface area contributed by atoms with E-state index in [1.807, 2.05) is 41.3 Å². The van der Waals surface area contributed by atoms with Crippen LogP contribution in [-0.2, 0) is 11.2 Å². The minimum absolute atomic E-state index is 0. The van der Waals surface area contributed by atoms with Crippen molar-refractivity contribution < 1.29 is 9.53 Å². The van der Waals surface area contributed by atoms with E-state index in [9.17, 15) is 4.79 Å². The third-order valence-electron chi connectivity index (χ3n) is 4.28. The van der Waals surface area contributed by atoms with Crippen LogP contribution in [0.4, 0.5) is 0 Å². The van der Waals surface area contributed by atoms with Crippen LogP contribution in [0, 0.1) is 0 Å². The number of hydrogen-bond acceptors (Lipinski definition) is 4. The summed E-state index contributed by atoms with van der Waals surface area (Å²) >= 11 is 7.50. The maximum Gasteiger partial charge on any atom is 0.223 e. The van der Waals surface area contributed by atoms with Crippen molar-refractivity contribution in [3.05, 3.63) is 51.2 Å². The highest BCUT2D eigenvalue weighted by molar-refractivity contribution is 7.16. The molecule has 0 bridgehead atoms. The van der Waals surface area contributed by atoms with E-state index in [4.69, 9.17) is 16.3 Å². The number of halogens is 2. The number of hydrogen-bond donors (Lipinski definition) is 1. The first-order valence-electron chi connectivity index (χ1n) is 8.06. The Morgan fingerprint density at radius 3 is 2.88 bits per heavy atom. The molecule has 1 unspecified atom stereocenters. The second-order valence-electron chi connectivity index (χ2n) is 5.75. The van der Waals surface area contributed by atoms with Crippen molar-refractivity contribution in [1.82, 2.24) is 10.2 Å². The van der Waals surface area contributed by atoms with Gasteiger partial charge in [-0.25, -0.2) is 0 Å². The summed E-state index contributed by atoms with van der Waals surface area (Å²) in [7, 11) is 1.67. The van der Waals surface area contributed by atoms with Crippen LogP contribution < -0.4 is 10.1 Å². The third-order valence-corrected chi connectivity index (χ3v) is 5.57. The standard InChI is InChI=1S/C18H21ClN2O2S.ClH/c1-23-16-5-3-2-4-14(16)15-12-20-10-11-21(15)18(22)9-7-13-6-8-17(19)24-13;/h2-6,8,15,20H,7,9-12H2,1H3;1H. The molecule has 2 heterocycles. The number of aryl methyl sites for hydroxylation is 1. The van der Waals surface area contributed by atoms with Gasteiger partial charge >= 0.3 is 0 Å². The van der Waals surface area contributed by atoms with Gasteiger partial charge in [-0.2, -0.15) is 0 Å². The Morgan fingerprint density at radius 2 is 2.16 bits per heavy atom. The zero-order valence-corrected chi connectivity index (χ0v) is 16.4. The van der Waals surface area contributed by atoms with Gasteiger partial charge in [-0.05, 0) is 24.6 Å². The molecule has 2 aromatic rings. The average molecular weight is 401 g/mol. The molecule has 0 saturated carbocycles. The molecule has 4 nitrogen and oxygen atoms in total. The minimum Gasteiger partial charge on any atom is -0.496 e. The Kier molecular flexibility index (Phi) is 7.56. The van der Waals surface area contributed by atoms with Crippen molar-refractivity contribution in [2.75, 3.05) is 26.7 Å². The molecule has 136 valence electrons. The van der Waals surface area contributed by atoms with E-state index in [2.05, 4.69) is 5.32 Å². The first-order chi connectivity index (χ1) is 11.7. The lowest BCUT2D eigenvalue weighted by molar-refractivity contribution is -0.134. The number of rotatable bonds is 5. The fourth-order valence-corrected chi connectivity index (χ4v) is 4.17. The van der Waals surface area contributed by atoms with Crippen molar-refractivity contribution in [3.63, 3.8) is 0 Å². The lowest BCUT2D eigenvalue weighted by atomic mass is 10.0. The third kappa shape index (κ3) is 4.88. The Hall–Kier alpha value is -1.27. The van der Waals surface area contributed by atoms with Crippen LogP contribution in [0.15, 0.2) is 36.4 Å². The highest BCUT2D eigenvalue weighted by Crippen LogP contribution is 2.31. The molecule has 1 aliphatic rings. The largest absolute Gasteiger partial charge is 0.496 e. The first kappa shape index (κ1) is 20.0. The zero-order valence-electron chi connectivity index (χ0n) is 14.0. The monoisotopic (exact) mass is 400 g/mol. The van der Waals surface area contributed by atoms with Crippen molar-refractivity contribution in [3.8, 4) is 5.75 Å². The predicted octanol–water partition coefficient (Wildman–Crippen LogP) is 3.94. The molecule has 3 rings (SSSR count). The molecule has 1 aromatic carbocycles. The number of ether oxygens (including phenoxy) is 1. The van der Waals surface area contributed by atoms with E-state index in [0.29, 0.717) is 13.0 Å². The first-order valence-corrected chi connectivity index (χ1v) is 9.26. The van der Waals surface area contributed by atoms with Gasteiger partial charge in [0.25, 0.3) is 0 Å². The number of carbonyl (C=O) groups excluding carboxylic acids is 1. The Balaban J connectivity index is 0.00000225. The van der Waals surface area contributed by atoms with Crippen LogP contribution in [-0.4, -0.2) is 37.6 Å². The van der Waals surface area contributed by atoms with Crippen molar-refractivity contribution in [1.29, 1.82) is 0 Å².